The summed E-state index contributed by atoms with van der Waals surface area (Å²) in [6.45, 7) is 5.79. The van der Waals surface area contributed by atoms with E-state index < -0.39 is 11.7 Å². The van der Waals surface area contributed by atoms with Gasteiger partial charge in [-0.15, -0.1) is 0 Å². The number of esters is 1. The minimum Gasteiger partial charge on any atom is -0.460 e. The van der Waals surface area contributed by atoms with Crippen LogP contribution in [-0.2, 0) is 20.9 Å². The summed E-state index contributed by atoms with van der Waals surface area (Å²) in [5.41, 5.74) is 1.49. The molecule has 0 heterocycles. The molecule has 0 aliphatic heterocycles. The standard InChI is InChI=1S/C21H28INO4/c1-21(2,3)27-20(25)23-17(13-22)12-16-10-7-11-18(16)19(24)26-14-15-8-5-4-6-9-15/h4-6,8-9,12,17-18H,7,10-11,13-14H2,1-3H3,(H,23,25)/b16-12+/t17-,18-/m1/s1. The van der Waals surface area contributed by atoms with Crippen LogP contribution in [0.1, 0.15) is 45.6 Å². The second-order valence-electron chi connectivity index (χ2n) is 7.69. The number of halogens is 1. The lowest BCUT2D eigenvalue weighted by Gasteiger charge is -2.22. The van der Waals surface area contributed by atoms with Crippen molar-refractivity contribution in [2.75, 3.05) is 4.43 Å². The molecule has 0 aromatic heterocycles. The van der Waals surface area contributed by atoms with E-state index in [0.29, 0.717) is 4.43 Å². The number of amides is 1. The highest BCUT2D eigenvalue weighted by molar-refractivity contribution is 14.1. The van der Waals surface area contributed by atoms with E-state index in [-0.39, 0.29) is 24.5 Å². The van der Waals surface area contributed by atoms with Crippen molar-refractivity contribution >= 4 is 34.7 Å². The molecule has 0 radical (unpaired) electrons. The molecule has 0 spiro atoms. The van der Waals surface area contributed by atoms with Crippen LogP contribution in [0, 0.1) is 5.92 Å². The largest absolute Gasteiger partial charge is 0.460 e. The van der Waals surface area contributed by atoms with Crippen LogP contribution in [-0.4, -0.2) is 28.1 Å². The zero-order valence-electron chi connectivity index (χ0n) is 16.2. The van der Waals surface area contributed by atoms with Crippen molar-refractivity contribution in [3.05, 3.63) is 47.5 Å². The molecule has 6 heteroatoms. The van der Waals surface area contributed by atoms with Crippen molar-refractivity contribution in [2.24, 2.45) is 5.92 Å². The smallest absolute Gasteiger partial charge is 0.408 e. The summed E-state index contributed by atoms with van der Waals surface area (Å²) in [6, 6.07) is 9.50. The van der Waals surface area contributed by atoms with E-state index in [1.807, 2.05) is 57.2 Å². The molecule has 148 valence electrons. The van der Waals surface area contributed by atoms with E-state index in [0.717, 1.165) is 30.4 Å². The van der Waals surface area contributed by atoms with E-state index in [9.17, 15) is 9.59 Å². The zero-order chi connectivity index (χ0) is 19.9. The second-order valence-corrected chi connectivity index (χ2v) is 8.57. The molecule has 2 atom stereocenters. The summed E-state index contributed by atoms with van der Waals surface area (Å²) in [7, 11) is 0. The molecule has 1 N–H and O–H groups in total. The number of hydrogen-bond acceptors (Lipinski definition) is 4. The van der Waals surface area contributed by atoms with Crippen molar-refractivity contribution < 1.29 is 19.1 Å². The lowest BCUT2D eigenvalue weighted by molar-refractivity contribution is -0.148. The molecule has 1 amide bonds. The molecule has 0 unspecified atom stereocenters. The van der Waals surface area contributed by atoms with Gasteiger partial charge in [0.25, 0.3) is 0 Å². The van der Waals surface area contributed by atoms with Crippen LogP contribution in [0.25, 0.3) is 0 Å². The first-order valence-corrected chi connectivity index (χ1v) is 10.8. The number of ether oxygens (including phenoxy) is 2. The Balaban J connectivity index is 1.95. The molecule has 1 aliphatic rings. The number of hydrogen-bond donors (Lipinski definition) is 1. The molecule has 27 heavy (non-hydrogen) atoms. The number of nitrogens with one attached hydrogen (secondary N) is 1. The van der Waals surface area contributed by atoms with Gasteiger partial charge in [0.05, 0.1) is 12.0 Å². The molecule has 0 saturated heterocycles. The lowest BCUT2D eigenvalue weighted by Crippen LogP contribution is -2.39. The van der Waals surface area contributed by atoms with Crippen molar-refractivity contribution in [2.45, 2.75) is 58.3 Å². The van der Waals surface area contributed by atoms with Gasteiger partial charge in [-0.3, -0.25) is 4.79 Å². The lowest BCUT2D eigenvalue weighted by atomic mass is 10.0. The number of rotatable bonds is 6. The Morgan fingerprint density at radius 3 is 2.63 bits per heavy atom. The summed E-state index contributed by atoms with van der Waals surface area (Å²) >= 11 is 2.22. The predicted molar refractivity (Wildman–Crippen MR) is 114 cm³/mol. The predicted octanol–water partition coefficient (Wildman–Crippen LogP) is 4.78. The average molecular weight is 485 g/mol. The van der Waals surface area contributed by atoms with Crippen LogP contribution in [0.4, 0.5) is 4.79 Å². The Morgan fingerprint density at radius 1 is 1.30 bits per heavy atom. The van der Waals surface area contributed by atoms with E-state index in [1.54, 1.807) is 0 Å². The van der Waals surface area contributed by atoms with Gasteiger partial charge in [-0.05, 0) is 45.6 Å². The molecule has 1 saturated carbocycles. The van der Waals surface area contributed by atoms with Crippen molar-refractivity contribution in [3.8, 4) is 0 Å². The van der Waals surface area contributed by atoms with Crippen molar-refractivity contribution in [1.29, 1.82) is 0 Å². The van der Waals surface area contributed by atoms with Crippen LogP contribution < -0.4 is 5.32 Å². The normalized spacial score (nSPS) is 19.6. The molecule has 0 bridgehead atoms. The molecule has 1 aromatic carbocycles. The Morgan fingerprint density at radius 2 is 2.00 bits per heavy atom. The van der Waals surface area contributed by atoms with Gasteiger partial charge in [-0.2, -0.15) is 0 Å². The number of carbonyl (C=O) groups is 2. The van der Waals surface area contributed by atoms with E-state index in [2.05, 4.69) is 27.9 Å². The summed E-state index contributed by atoms with van der Waals surface area (Å²) in [4.78, 5) is 24.6. The van der Waals surface area contributed by atoms with Crippen LogP contribution in [0.2, 0.25) is 0 Å². The summed E-state index contributed by atoms with van der Waals surface area (Å²) in [5.74, 6) is -0.410. The maximum absolute atomic E-state index is 12.5. The Bertz CT molecular complexity index is 667. The van der Waals surface area contributed by atoms with Gasteiger partial charge in [0.15, 0.2) is 0 Å². The van der Waals surface area contributed by atoms with Gasteiger partial charge in [0.2, 0.25) is 0 Å². The minimum atomic E-state index is -0.538. The van der Waals surface area contributed by atoms with Gasteiger partial charge in [0, 0.05) is 4.43 Å². The fraction of sp³-hybridized carbons (Fsp3) is 0.524. The number of alkyl carbamates (subject to hydrolysis) is 1. The fourth-order valence-corrected chi connectivity index (χ4v) is 3.48. The van der Waals surface area contributed by atoms with Gasteiger partial charge in [-0.1, -0.05) is 64.6 Å². The maximum Gasteiger partial charge on any atom is 0.408 e. The molecule has 5 nitrogen and oxygen atoms in total. The van der Waals surface area contributed by atoms with Crippen molar-refractivity contribution in [1.82, 2.24) is 5.32 Å². The second kappa shape index (κ2) is 10.1. The SMILES string of the molecule is CC(C)(C)OC(=O)N[C@H](/C=C1\CCC[C@H]1C(=O)OCc1ccccc1)CI. The Labute approximate surface area is 175 Å². The monoisotopic (exact) mass is 485 g/mol. The average Bonchev–Trinajstić information content (AvgIpc) is 3.06. The quantitative estimate of drug-likeness (QED) is 0.273. The first-order chi connectivity index (χ1) is 12.8. The zero-order valence-corrected chi connectivity index (χ0v) is 18.3. The van der Waals surface area contributed by atoms with Gasteiger partial charge >= 0.3 is 12.1 Å². The van der Waals surface area contributed by atoms with E-state index >= 15 is 0 Å². The Hall–Kier alpha value is -1.57. The van der Waals surface area contributed by atoms with Crippen molar-refractivity contribution in [3.63, 3.8) is 0 Å². The fourth-order valence-electron chi connectivity index (χ4n) is 3.01. The minimum absolute atomic E-state index is 0.169. The first kappa shape index (κ1) is 21.7. The summed E-state index contributed by atoms with van der Waals surface area (Å²) < 4.78 is 11.5. The summed E-state index contributed by atoms with van der Waals surface area (Å²) in [6.07, 6.45) is 4.16. The van der Waals surface area contributed by atoms with Crippen LogP contribution >= 0.6 is 22.6 Å². The molecule has 1 aromatic rings. The highest BCUT2D eigenvalue weighted by Crippen LogP contribution is 2.32. The number of alkyl halides is 1. The highest BCUT2D eigenvalue weighted by Gasteiger charge is 2.30. The third-order valence-electron chi connectivity index (χ3n) is 4.20. The Kier molecular flexibility index (Phi) is 8.13. The molecular formula is C21H28INO4. The van der Waals surface area contributed by atoms with Gasteiger partial charge in [-0.25, -0.2) is 4.79 Å². The molecule has 1 aliphatic carbocycles. The molecule has 2 rings (SSSR count). The maximum atomic E-state index is 12.5. The van der Waals surface area contributed by atoms with E-state index in [1.165, 1.54) is 0 Å². The van der Waals surface area contributed by atoms with Crippen LogP contribution in [0.15, 0.2) is 42.0 Å². The first-order valence-electron chi connectivity index (χ1n) is 9.25. The highest BCUT2D eigenvalue weighted by atomic mass is 127. The topological polar surface area (TPSA) is 64.6 Å². The third-order valence-corrected chi connectivity index (χ3v) is 5.15. The van der Waals surface area contributed by atoms with Crippen LogP contribution in [0.5, 0.6) is 0 Å². The van der Waals surface area contributed by atoms with E-state index in [4.69, 9.17) is 9.47 Å². The molecular weight excluding hydrogens is 457 g/mol. The van der Waals surface area contributed by atoms with Crippen LogP contribution in [0.3, 0.4) is 0 Å². The number of benzene rings is 1. The summed E-state index contributed by atoms with van der Waals surface area (Å²) in [5, 5.41) is 2.87. The number of carbonyl (C=O) groups excluding carboxylic acids is 2. The van der Waals surface area contributed by atoms with Gasteiger partial charge < -0.3 is 14.8 Å². The molecule has 1 fully saturated rings. The third kappa shape index (κ3) is 7.52. The van der Waals surface area contributed by atoms with Gasteiger partial charge in [0.1, 0.15) is 12.2 Å².